The average Bonchev–Trinajstić information content (AvgIpc) is 3.77. The highest BCUT2D eigenvalue weighted by Gasteiger charge is 2.31. The number of hydrogen-bond acceptors (Lipinski definition) is 4. The van der Waals surface area contributed by atoms with Crippen molar-refractivity contribution in [2.24, 2.45) is 0 Å². The maximum atomic E-state index is 14.3. The van der Waals surface area contributed by atoms with Crippen molar-refractivity contribution in [3.05, 3.63) is 169 Å². The number of thiophene rings is 1. The first-order valence-corrected chi connectivity index (χ1v) is 18.3. The molecule has 3 aromatic heterocycles. The summed E-state index contributed by atoms with van der Waals surface area (Å²) in [4.78, 5) is 14.7. The number of hydrogen-bond donors (Lipinski definition) is 0. The number of nitrogens with zero attached hydrogens (tertiary/aromatic N) is 4. The van der Waals surface area contributed by atoms with E-state index < -0.39 is 11.7 Å². The molecule has 258 valence electrons. The lowest BCUT2D eigenvalue weighted by atomic mass is 9.98. The third-order valence-electron chi connectivity index (χ3n) is 9.88. The molecule has 10 rings (SSSR count). The van der Waals surface area contributed by atoms with Gasteiger partial charge in [0.15, 0.2) is 17.5 Å². The van der Waals surface area contributed by atoms with Crippen molar-refractivity contribution < 1.29 is 13.2 Å². The normalized spacial score (nSPS) is 12.0. The van der Waals surface area contributed by atoms with Gasteiger partial charge in [-0.1, -0.05) is 121 Å². The van der Waals surface area contributed by atoms with Gasteiger partial charge in [-0.2, -0.15) is 13.2 Å². The fourth-order valence-corrected chi connectivity index (χ4v) is 8.62. The second-order valence-electron chi connectivity index (χ2n) is 13.1. The predicted molar refractivity (Wildman–Crippen MR) is 214 cm³/mol. The van der Waals surface area contributed by atoms with Gasteiger partial charge in [0.05, 0.1) is 27.0 Å². The Morgan fingerprint density at radius 3 is 1.76 bits per heavy atom. The standard InChI is InChI=1S/C46H27F3N4S/c47-46(48,49)32-17-11-16-30(26-32)37-27-31(45-51-43(28-12-3-1-4-13-28)50-44(52-45)29-14-5-2-6-15-29)22-25-39(37)53-38-20-9-7-18-33(38)35-23-24-36-34-19-8-10-21-40(34)54-42(36)41(35)53/h1-27H. The molecule has 0 aliphatic carbocycles. The molecule has 10 aromatic rings. The SMILES string of the molecule is FC(F)(F)c1cccc(-c2cc(-c3nc(-c4ccccc4)nc(-c4ccccc4)n3)ccc2-n2c3ccccc3c3ccc4c5ccccc5sc4c32)c1. The van der Waals surface area contributed by atoms with Crippen LogP contribution in [0.15, 0.2) is 164 Å². The highest BCUT2D eigenvalue weighted by molar-refractivity contribution is 7.26. The predicted octanol–water partition coefficient (Wildman–Crippen LogP) is 13.0. The molecule has 7 aromatic carbocycles. The van der Waals surface area contributed by atoms with Crippen LogP contribution < -0.4 is 0 Å². The van der Waals surface area contributed by atoms with Crippen LogP contribution in [-0.4, -0.2) is 19.5 Å². The number of halogens is 3. The van der Waals surface area contributed by atoms with Crippen LogP contribution in [0.25, 0.3) is 93.0 Å². The number of para-hydroxylation sites is 1. The van der Waals surface area contributed by atoms with Gasteiger partial charge in [-0.3, -0.25) is 0 Å². The molecule has 0 bridgehead atoms. The van der Waals surface area contributed by atoms with E-state index in [0.29, 0.717) is 34.2 Å². The van der Waals surface area contributed by atoms with Crippen LogP contribution in [0, 0.1) is 0 Å². The molecule has 0 N–H and O–H groups in total. The van der Waals surface area contributed by atoms with Crippen molar-refractivity contribution in [2.45, 2.75) is 6.18 Å². The third-order valence-corrected chi connectivity index (χ3v) is 11.1. The van der Waals surface area contributed by atoms with Crippen molar-refractivity contribution in [3.8, 4) is 51.0 Å². The summed E-state index contributed by atoms with van der Waals surface area (Å²) in [6.07, 6.45) is -4.52. The summed E-state index contributed by atoms with van der Waals surface area (Å²) in [7, 11) is 0. The molecule has 0 aliphatic rings. The summed E-state index contributed by atoms with van der Waals surface area (Å²) in [5.41, 5.74) is 5.33. The van der Waals surface area contributed by atoms with Gasteiger partial charge >= 0.3 is 6.18 Å². The number of fused-ring (bicyclic) bond motifs is 7. The molecular formula is C46H27F3N4S. The minimum absolute atomic E-state index is 0.414. The molecule has 0 saturated heterocycles. The molecule has 0 amide bonds. The second kappa shape index (κ2) is 12.5. The largest absolute Gasteiger partial charge is 0.416 e. The average molecular weight is 725 g/mol. The van der Waals surface area contributed by atoms with Crippen LogP contribution in [0.1, 0.15) is 5.56 Å². The number of benzene rings is 7. The quantitative estimate of drug-likeness (QED) is 0.177. The maximum absolute atomic E-state index is 14.3. The Morgan fingerprint density at radius 2 is 1.06 bits per heavy atom. The monoisotopic (exact) mass is 724 g/mol. The Bertz CT molecular complexity index is 2980. The van der Waals surface area contributed by atoms with E-state index in [2.05, 4.69) is 41.0 Å². The van der Waals surface area contributed by atoms with E-state index in [4.69, 9.17) is 15.0 Å². The topological polar surface area (TPSA) is 43.6 Å². The Hall–Kier alpha value is -6.64. The van der Waals surface area contributed by atoms with Gasteiger partial charge in [0.25, 0.3) is 0 Å². The van der Waals surface area contributed by atoms with E-state index in [1.807, 2.05) is 103 Å². The molecule has 0 fully saturated rings. The molecule has 0 radical (unpaired) electrons. The Labute approximate surface area is 311 Å². The highest BCUT2D eigenvalue weighted by atomic mass is 32.1. The van der Waals surface area contributed by atoms with E-state index in [9.17, 15) is 13.2 Å². The first kappa shape index (κ1) is 32.0. The molecule has 3 heterocycles. The smallest absolute Gasteiger partial charge is 0.307 e. The van der Waals surface area contributed by atoms with Crippen LogP contribution in [0.3, 0.4) is 0 Å². The molecule has 0 spiro atoms. The lowest BCUT2D eigenvalue weighted by Crippen LogP contribution is -2.05. The van der Waals surface area contributed by atoms with Gasteiger partial charge in [0.1, 0.15) is 0 Å². The van der Waals surface area contributed by atoms with E-state index in [1.165, 1.54) is 22.2 Å². The number of aromatic nitrogens is 4. The summed E-state index contributed by atoms with van der Waals surface area (Å²) in [5.74, 6) is 1.41. The van der Waals surface area contributed by atoms with Crippen molar-refractivity contribution in [1.82, 2.24) is 19.5 Å². The van der Waals surface area contributed by atoms with Crippen LogP contribution in [0.4, 0.5) is 13.2 Å². The van der Waals surface area contributed by atoms with Gasteiger partial charge in [-0.05, 0) is 48.0 Å². The number of rotatable bonds is 5. The minimum atomic E-state index is -4.52. The minimum Gasteiger partial charge on any atom is -0.307 e. The van der Waals surface area contributed by atoms with Gasteiger partial charge in [-0.15, -0.1) is 11.3 Å². The van der Waals surface area contributed by atoms with Crippen LogP contribution in [0.2, 0.25) is 0 Å². The zero-order chi connectivity index (χ0) is 36.4. The Kier molecular flexibility index (Phi) is 7.42. The Morgan fingerprint density at radius 1 is 0.463 bits per heavy atom. The molecule has 8 heteroatoms. The van der Waals surface area contributed by atoms with Crippen LogP contribution in [0.5, 0.6) is 0 Å². The highest BCUT2D eigenvalue weighted by Crippen LogP contribution is 2.45. The summed E-state index contributed by atoms with van der Waals surface area (Å²) < 4.78 is 47.3. The van der Waals surface area contributed by atoms with Crippen molar-refractivity contribution in [3.63, 3.8) is 0 Å². The lowest BCUT2D eigenvalue weighted by molar-refractivity contribution is -0.137. The summed E-state index contributed by atoms with van der Waals surface area (Å²) in [6, 6.07) is 51.7. The summed E-state index contributed by atoms with van der Waals surface area (Å²) in [6.45, 7) is 0. The second-order valence-corrected chi connectivity index (χ2v) is 14.2. The van der Waals surface area contributed by atoms with Gasteiger partial charge in [0, 0.05) is 48.5 Å². The van der Waals surface area contributed by atoms with Gasteiger partial charge in [0.2, 0.25) is 0 Å². The van der Waals surface area contributed by atoms with Crippen LogP contribution >= 0.6 is 11.3 Å². The summed E-state index contributed by atoms with van der Waals surface area (Å²) >= 11 is 1.73. The first-order valence-electron chi connectivity index (χ1n) is 17.4. The number of alkyl halides is 3. The van der Waals surface area contributed by atoms with E-state index >= 15 is 0 Å². The molecular weight excluding hydrogens is 698 g/mol. The van der Waals surface area contributed by atoms with E-state index in [1.54, 1.807) is 17.4 Å². The van der Waals surface area contributed by atoms with Crippen molar-refractivity contribution in [1.29, 1.82) is 0 Å². The molecule has 0 saturated carbocycles. The lowest BCUT2D eigenvalue weighted by Gasteiger charge is -2.17. The molecule has 0 aliphatic heterocycles. The zero-order valence-electron chi connectivity index (χ0n) is 28.4. The third kappa shape index (κ3) is 5.33. The van der Waals surface area contributed by atoms with E-state index in [-0.39, 0.29) is 0 Å². The summed E-state index contributed by atoms with van der Waals surface area (Å²) in [5, 5.41) is 4.43. The molecule has 0 atom stereocenters. The maximum Gasteiger partial charge on any atom is 0.416 e. The van der Waals surface area contributed by atoms with E-state index in [0.717, 1.165) is 54.8 Å². The zero-order valence-corrected chi connectivity index (χ0v) is 29.2. The first-order chi connectivity index (χ1) is 26.4. The van der Waals surface area contributed by atoms with Gasteiger partial charge in [-0.25, -0.2) is 15.0 Å². The van der Waals surface area contributed by atoms with Crippen molar-refractivity contribution in [2.75, 3.05) is 0 Å². The fourth-order valence-electron chi connectivity index (χ4n) is 7.38. The molecule has 0 unspecified atom stereocenters. The van der Waals surface area contributed by atoms with Crippen molar-refractivity contribution >= 4 is 53.3 Å². The Balaban J connectivity index is 1.28. The molecule has 4 nitrogen and oxygen atoms in total. The molecule has 54 heavy (non-hydrogen) atoms. The van der Waals surface area contributed by atoms with Gasteiger partial charge < -0.3 is 4.57 Å². The fraction of sp³-hybridized carbons (Fsp3) is 0.0217. The van der Waals surface area contributed by atoms with Crippen LogP contribution in [-0.2, 0) is 6.18 Å².